The van der Waals surface area contributed by atoms with Crippen LogP contribution in [-0.2, 0) is 13.6 Å². The Kier molecular flexibility index (Phi) is 2.29. The van der Waals surface area contributed by atoms with Crippen molar-refractivity contribution in [1.82, 2.24) is 14.1 Å². The van der Waals surface area contributed by atoms with Crippen LogP contribution in [0.4, 0.5) is 5.69 Å². The molecule has 2 heterocycles. The summed E-state index contributed by atoms with van der Waals surface area (Å²) >= 11 is 0. The molecule has 2 N–H and O–H groups in total. The zero-order chi connectivity index (χ0) is 10.8. The molecule has 2 aromatic heterocycles. The first-order chi connectivity index (χ1) is 7.16. The van der Waals surface area contributed by atoms with Crippen LogP contribution in [0.5, 0.6) is 0 Å². The van der Waals surface area contributed by atoms with Crippen LogP contribution in [0, 0.1) is 0 Å². The molecule has 78 valence electrons. The van der Waals surface area contributed by atoms with E-state index in [1.165, 1.54) is 4.57 Å². The second-order valence-corrected chi connectivity index (χ2v) is 3.40. The predicted molar refractivity (Wildman–Crippen MR) is 57.4 cm³/mol. The van der Waals surface area contributed by atoms with Gasteiger partial charge >= 0.3 is 5.69 Å². The van der Waals surface area contributed by atoms with Gasteiger partial charge in [0.15, 0.2) is 0 Å². The predicted octanol–water partition coefficient (Wildman–Crippen LogP) is 0.212. The van der Waals surface area contributed by atoms with E-state index in [-0.39, 0.29) is 5.69 Å². The van der Waals surface area contributed by atoms with E-state index in [1.807, 2.05) is 0 Å². The molecule has 0 aliphatic heterocycles. The number of anilines is 1. The van der Waals surface area contributed by atoms with Gasteiger partial charge in [0, 0.05) is 31.3 Å². The molecule has 2 rings (SSSR count). The fourth-order valence-electron chi connectivity index (χ4n) is 1.39. The van der Waals surface area contributed by atoms with Gasteiger partial charge in [0.25, 0.3) is 0 Å². The van der Waals surface area contributed by atoms with Crippen molar-refractivity contribution in [3.8, 4) is 0 Å². The number of aryl methyl sites for hydroxylation is 1. The van der Waals surface area contributed by atoms with Gasteiger partial charge in [-0.1, -0.05) is 0 Å². The number of nitrogens with two attached hydrogens (primary N) is 1. The molecule has 15 heavy (non-hydrogen) atoms. The summed E-state index contributed by atoms with van der Waals surface area (Å²) in [6, 6.07) is 3.48. The van der Waals surface area contributed by atoms with E-state index >= 15 is 0 Å². The van der Waals surface area contributed by atoms with Crippen molar-refractivity contribution in [1.29, 1.82) is 0 Å². The number of rotatable bonds is 2. The zero-order valence-electron chi connectivity index (χ0n) is 8.42. The maximum absolute atomic E-state index is 11.5. The molecular weight excluding hydrogens is 192 g/mol. The highest BCUT2D eigenvalue weighted by molar-refractivity contribution is 5.37. The summed E-state index contributed by atoms with van der Waals surface area (Å²) in [7, 11) is 1.71. The van der Waals surface area contributed by atoms with E-state index in [9.17, 15) is 4.79 Å². The number of imidazole rings is 1. The zero-order valence-corrected chi connectivity index (χ0v) is 8.42. The van der Waals surface area contributed by atoms with Crippen LogP contribution in [-0.4, -0.2) is 14.1 Å². The SMILES string of the molecule is Cn1ccn(Cc2cc(N)ccn2)c1=O. The fraction of sp³-hybridized carbons (Fsp3) is 0.200. The highest BCUT2D eigenvalue weighted by Gasteiger charge is 2.01. The Bertz CT molecular complexity index is 526. The lowest BCUT2D eigenvalue weighted by atomic mass is 10.3. The molecule has 2 aromatic rings. The Morgan fingerprint density at radius 2 is 2.27 bits per heavy atom. The van der Waals surface area contributed by atoms with Crippen LogP contribution < -0.4 is 11.4 Å². The van der Waals surface area contributed by atoms with Crippen molar-refractivity contribution < 1.29 is 0 Å². The van der Waals surface area contributed by atoms with Gasteiger partial charge in [-0.2, -0.15) is 0 Å². The second-order valence-electron chi connectivity index (χ2n) is 3.40. The standard InChI is InChI=1S/C10H12N4O/c1-13-4-5-14(10(13)15)7-9-6-8(11)2-3-12-9/h2-6H,7H2,1H3,(H2,11,12). The highest BCUT2D eigenvalue weighted by Crippen LogP contribution is 2.03. The van der Waals surface area contributed by atoms with Crippen LogP contribution in [0.1, 0.15) is 5.69 Å². The van der Waals surface area contributed by atoms with Gasteiger partial charge in [0.1, 0.15) is 0 Å². The summed E-state index contributed by atoms with van der Waals surface area (Å²) in [5, 5.41) is 0. The topological polar surface area (TPSA) is 65.8 Å². The van der Waals surface area contributed by atoms with Crippen molar-refractivity contribution in [2.24, 2.45) is 7.05 Å². The molecule has 0 unspecified atom stereocenters. The first-order valence-corrected chi connectivity index (χ1v) is 4.59. The molecule has 5 nitrogen and oxygen atoms in total. The first-order valence-electron chi connectivity index (χ1n) is 4.59. The molecular formula is C10H12N4O. The lowest BCUT2D eigenvalue weighted by Gasteiger charge is -2.01. The molecule has 0 saturated carbocycles. The van der Waals surface area contributed by atoms with E-state index in [0.29, 0.717) is 12.2 Å². The lowest BCUT2D eigenvalue weighted by Crippen LogP contribution is -2.22. The summed E-state index contributed by atoms with van der Waals surface area (Å²) < 4.78 is 3.11. The van der Waals surface area contributed by atoms with Gasteiger partial charge in [0.05, 0.1) is 12.2 Å². The largest absolute Gasteiger partial charge is 0.399 e. The summed E-state index contributed by atoms with van der Waals surface area (Å²) in [6.07, 6.45) is 5.08. The fourth-order valence-corrected chi connectivity index (χ4v) is 1.39. The molecule has 0 spiro atoms. The highest BCUT2D eigenvalue weighted by atomic mass is 16.1. The Hall–Kier alpha value is -2.04. The van der Waals surface area contributed by atoms with Crippen molar-refractivity contribution in [3.05, 3.63) is 46.9 Å². The van der Waals surface area contributed by atoms with Crippen molar-refractivity contribution in [3.63, 3.8) is 0 Å². The quantitative estimate of drug-likeness (QED) is 0.760. The van der Waals surface area contributed by atoms with Gasteiger partial charge in [-0.05, 0) is 12.1 Å². The molecule has 0 atom stereocenters. The van der Waals surface area contributed by atoms with Crippen LogP contribution in [0.15, 0.2) is 35.5 Å². The molecule has 0 bridgehead atoms. The Labute approximate surface area is 86.8 Å². The van der Waals surface area contributed by atoms with Gasteiger partial charge in [0.2, 0.25) is 0 Å². The number of nitrogens with zero attached hydrogens (tertiary/aromatic N) is 3. The monoisotopic (exact) mass is 204 g/mol. The first kappa shape index (κ1) is 9.51. The third-order valence-corrected chi connectivity index (χ3v) is 2.19. The Balaban J connectivity index is 2.30. The smallest absolute Gasteiger partial charge is 0.328 e. The molecule has 0 aromatic carbocycles. The minimum atomic E-state index is -0.0563. The summed E-state index contributed by atoms with van der Waals surface area (Å²) in [6.45, 7) is 0.449. The minimum absolute atomic E-state index is 0.0563. The maximum Gasteiger partial charge on any atom is 0.328 e. The molecule has 5 heteroatoms. The average Bonchev–Trinajstić information content (AvgIpc) is 2.50. The van der Waals surface area contributed by atoms with E-state index in [0.717, 1.165) is 5.69 Å². The number of pyridine rings is 1. The summed E-state index contributed by atoms with van der Waals surface area (Å²) in [5.74, 6) is 0. The van der Waals surface area contributed by atoms with Crippen LogP contribution in [0.2, 0.25) is 0 Å². The van der Waals surface area contributed by atoms with Crippen LogP contribution >= 0.6 is 0 Å². The third kappa shape index (κ3) is 1.90. The van der Waals surface area contributed by atoms with E-state index in [1.54, 1.807) is 42.3 Å². The van der Waals surface area contributed by atoms with E-state index in [4.69, 9.17) is 5.73 Å². The minimum Gasteiger partial charge on any atom is -0.399 e. The van der Waals surface area contributed by atoms with Crippen molar-refractivity contribution in [2.45, 2.75) is 6.54 Å². The van der Waals surface area contributed by atoms with Crippen molar-refractivity contribution >= 4 is 5.69 Å². The van der Waals surface area contributed by atoms with E-state index in [2.05, 4.69) is 4.98 Å². The molecule has 0 aliphatic carbocycles. The number of hydrogen-bond acceptors (Lipinski definition) is 3. The molecule has 0 radical (unpaired) electrons. The molecule has 0 fully saturated rings. The number of hydrogen-bond donors (Lipinski definition) is 1. The Morgan fingerprint density at radius 1 is 1.47 bits per heavy atom. The summed E-state index contributed by atoms with van der Waals surface area (Å²) in [4.78, 5) is 15.7. The molecule has 0 saturated heterocycles. The normalized spacial score (nSPS) is 10.5. The van der Waals surface area contributed by atoms with Gasteiger partial charge in [-0.15, -0.1) is 0 Å². The molecule has 0 aliphatic rings. The third-order valence-electron chi connectivity index (χ3n) is 2.19. The van der Waals surface area contributed by atoms with Crippen LogP contribution in [0.3, 0.4) is 0 Å². The summed E-state index contributed by atoms with van der Waals surface area (Å²) in [5.41, 5.74) is 7.00. The van der Waals surface area contributed by atoms with Crippen molar-refractivity contribution in [2.75, 3.05) is 5.73 Å². The second kappa shape index (κ2) is 3.61. The van der Waals surface area contributed by atoms with Gasteiger partial charge in [-0.25, -0.2) is 4.79 Å². The number of nitrogen functional groups attached to an aromatic ring is 1. The van der Waals surface area contributed by atoms with Gasteiger partial charge in [-0.3, -0.25) is 9.55 Å². The maximum atomic E-state index is 11.5. The lowest BCUT2D eigenvalue weighted by molar-refractivity contribution is 0.705. The van der Waals surface area contributed by atoms with E-state index < -0.39 is 0 Å². The van der Waals surface area contributed by atoms with Gasteiger partial charge < -0.3 is 10.3 Å². The average molecular weight is 204 g/mol. The Morgan fingerprint density at radius 3 is 2.87 bits per heavy atom. The molecule has 0 amide bonds. The number of aromatic nitrogens is 3. The van der Waals surface area contributed by atoms with Crippen LogP contribution in [0.25, 0.3) is 0 Å².